The van der Waals surface area contributed by atoms with E-state index in [1.165, 1.54) is 11.2 Å². The van der Waals surface area contributed by atoms with Crippen molar-refractivity contribution in [2.24, 2.45) is 0 Å². The van der Waals surface area contributed by atoms with Crippen LogP contribution in [0.5, 0.6) is 0 Å². The van der Waals surface area contributed by atoms with Crippen LogP contribution in [0.2, 0.25) is 5.02 Å². The molecule has 1 N–H and O–H groups in total. The Balaban J connectivity index is 1.34. The molecule has 0 saturated carbocycles. The molecule has 5 rings (SSSR count). The van der Waals surface area contributed by atoms with Crippen molar-refractivity contribution < 1.29 is 23.5 Å². The van der Waals surface area contributed by atoms with Crippen LogP contribution in [0.1, 0.15) is 39.3 Å². The van der Waals surface area contributed by atoms with Gasteiger partial charge < -0.3 is 19.4 Å². The maximum Gasteiger partial charge on any atom is 0.292 e. The van der Waals surface area contributed by atoms with Gasteiger partial charge in [0.05, 0.1) is 23.5 Å². The highest BCUT2D eigenvalue weighted by Crippen LogP contribution is 2.39. The lowest BCUT2D eigenvalue weighted by Crippen LogP contribution is -2.59. The molecule has 0 bridgehead atoms. The van der Waals surface area contributed by atoms with Gasteiger partial charge in [0.15, 0.2) is 5.76 Å². The Hall–Kier alpha value is -3.69. The number of halogens is 1. The summed E-state index contributed by atoms with van der Waals surface area (Å²) in [7, 11) is 0. The quantitative estimate of drug-likeness (QED) is 0.568. The Labute approximate surface area is 213 Å². The molecule has 2 fully saturated rings. The van der Waals surface area contributed by atoms with Crippen LogP contribution >= 0.6 is 11.6 Å². The van der Waals surface area contributed by atoms with E-state index in [2.05, 4.69) is 10.3 Å². The molecule has 186 valence electrons. The summed E-state index contributed by atoms with van der Waals surface area (Å²) in [6.07, 6.45) is 5.44. The molecule has 36 heavy (non-hydrogen) atoms. The molecule has 2 aromatic heterocycles. The van der Waals surface area contributed by atoms with Gasteiger partial charge in [-0.15, -0.1) is 0 Å². The van der Waals surface area contributed by atoms with E-state index in [1.54, 1.807) is 59.8 Å². The van der Waals surface area contributed by atoms with E-state index in [1.807, 2.05) is 6.07 Å². The Kier molecular flexibility index (Phi) is 6.75. The smallest absolute Gasteiger partial charge is 0.292 e. The highest BCUT2D eigenvalue weighted by molar-refractivity contribution is 6.33. The molecule has 0 radical (unpaired) electrons. The predicted octanol–water partition coefficient (Wildman–Crippen LogP) is 3.12. The van der Waals surface area contributed by atoms with Gasteiger partial charge in [0.2, 0.25) is 5.91 Å². The molecule has 3 amide bonds. The van der Waals surface area contributed by atoms with Gasteiger partial charge in [-0.25, -0.2) is 0 Å². The van der Waals surface area contributed by atoms with Gasteiger partial charge in [0.1, 0.15) is 11.8 Å². The van der Waals surface area contributed by atoms with Crippen molar-refractivity contribution in [3.05, 3.63) is 89.1 Å². The van der Waals surface area contributed by atoms with Gasteiger partial charge in [0.25, 0.3) is 11.8 Å². The molecule has 10 heteroatoms. The maximum atomic E-state index is 13.5. The van der Waals surface area contributed by atoms with Crippen molar-refractivity contribution in [1.82, 2.24) is 20.1 Å². The number of benzene rings is 1. The van der Waals surface area contributed by atoms with E-state index in [9.17, 15) is 14.4 Å². The van der Waals surface area contributed by atoms with Gasteiger partial charge >= 0.3 is 0 Å². The minimum absolute atomic E-state index is 0.0454. The summed E-state index contributed by atoms with van der Waals surface area (Å²) in [4.78, 5) is 47.0. The Morgan fingerprint density at radius 3 is 2.56 bits per heavy atom. The van der Waals surface area contributed by atoms with Crippen LogP contribution in [0.25, 0.3) is 0 Å². The number of furan rings is 1. The van der Waals surface area contributed by atoms with Crippen LogP contribution in [0.3, 0.4) is 0 Å². The highest BCUT2D eigenvalue weighted by Gasteiger charge is 2.54. The number of amides is 3. The number of ether oxygens (including phenoxy) is 1. The fraction of sp³-hybridized carbons (Fsp3) is 0.308. The molecule has 2 aliphatic rings. The molecule has 3 aromatic rings. The van der Waals surface area contributed by atoms with Crippen LogP contribution in [-0.2, 0) is 16.1 Å². The third kappa shape index (κ3) is 4.59. The maximum absolute atomic E-state index is 13.5. The van der Waals surface area contributed by atoms with Crippen molar-refractivity contribution in [2.75, 3.05) is 19.7 Å². The molecular formula is C26H25ClN4O5. The van der Waals surface area contributed by atoms with Gasteiger partial charge in [-0.05, 0) is 35.9 Å². The van der Waals surface area contributed by atoms with Crippen molar-refractivity contribution in [2.45, 2.75) is 31.2 Å². The number of carbonyl (C=O) groups is 3. The van der Waals surface area contributed by atoms with E-state index < -0.39 is 17.7 Å². The van der Waals surface area contributed by atoms with E-state index in [0.717, 1.165) is 5.56 Å². The Morgan fingerprint density at radius 2 is 1.86 bits per heavy atom. The number of nitrogens with one attached hydrogen (secondary N) is 1. The van der Waals surface area contributed by atoms with Crippen molar-refractivity contribution in [1.29, 1.82) is 0 Å². The van der Waals surface area contributed by atoms with E-state index in [4.69, 9.17) is 20.8 Å². The first-order valence-corrected chi connectivity index (χ1v) is 12.1. The zero-order chi connectivity index (χ0) is 25.1. The van der Waals surface area contributed by atoms with E-state index >= 15 is 0 Å². The third-order valence-electron chi connectivity index (χ3n) is 6.64. The number of nitrogens with zero attached hydrogens (tertiary/aromatic N) is 3. The number of likely N-dealkylation sites (tertiary alicyclic amines) is 1. The third-order valence-corrected chi connectivity index (χ3v) is 6.97. The SMILES string of the molecule is O=C(NCc1cccnc1)C1COC2(CCN(C(=O)c3ccccc3Cl)CC2)N1C(=O)c1ccco1. The van der Waals surface area contributed by atoms with Crippen LogP contribution in [0.15, 0.2) is 71.6 Å². The topological polar surface area (TPSA) is 105 Å². The predicted molar refractivity (Wildman–Crippen MR) is 130 cm³/mol. The number of hydrogen-bond donors (Lipinski definition) is 1. The first-order valence-electron chi connectivity index (χ1n) is 11.7. The summed E-state index contributed by atoms with van der Waals surface area (Å²) in [5.41, 5.74) is 0.241. The summed E-state index contributed by atoms with van der Waals surface area (Å²) in [6, 6.07) is 12.9. The molecule has 1 spiro atoms. The molecule has 2 saturated heterocycles. The largest absolute Gasteiger partial charge is 0.459 e. The molecule has 2 aliphatic heterocycles. The molecule has 1 atom stereocenters. The first-order chi connectivity index (χ1) is 17.5. The van der Waals surface area contributed by atoms with E-state index in [0.29, 0.717) is 36.5 Å². The van der Waals surface area contributed by atoms with Gasteiger partial charge in [-0.3, -0.25) is 24.3 Å². The van der Waals surface area contributed by atoms with Crippen molar-refractivity contribution in [3.8, 4) is 0 Å². The number of piperidine rings is 1. The zero-order valence-electron chi connectivity index (χ0n) is 19.4. The normalized spacial score (nSPS) is 18.9. The van der Waals surface area contributed by atoms with Gasteiger partial charge in [0, 0.05) is 44.9 Å². The zero-order valence-corrected chi connectivity index (χ0v) is 20.2. The molecule has 4 heterocycles. The minimum atomic E-state index is -1.03. The van der Waals surface area contributed by atoms with Gasteiger partial charge in [-0.1, -0.05) is 29.8 Å². The van der Waals surface area contributed by atoms with Crippen LogP contribution in [0, 0.1) is 0 Å². The molecule has 9 nitrogen and oxygen atoms in total. The second kappa shape index (κ2) is 10.1. The number of hydrogen-bond acceptors (Lipinski definition) is 6. The molecule has 1 unspecified atom stereocenters. The van der Waals surface area contributed by atoms with Crippen LogP contribution in [0.4, 0.5) is 0 Å². The molecule has 1 aromatic carbocycles. The number of carbonyl (C=O) groups excluding carboxylic acids is 3. The minimum Gasteiger partial charge on any atom is -0.459 e. The number of rotatable bonds is 5. The Bertz CT molecular complexity index is 1240. The standard InChI is InChI=1S/C26H25ClN4O5/c27-20-7-2-1-6-19(20)24(33)30-12-9-26(10-13-30)31(25(34)22-8-4-14-35-22)21(17-36-26)23(32)29-16-18-5-3-11-28-15-18/h1-8,11,14-15,21H,9-10,12-13,16-17H2,(H,29,32). The average molecular weight is 509 g/mol. The van der Waals surface area contributed by atoms with Gasteiger partial charge in [-0.2, -0.15) is 0 Å². The lowest BCUT2D eigenvalue weighted by molar-refractivity contribution is -0.128. The van der Waals surface area contributed by atoms with Crippen molar-refractivity contribution >= 4 is 29.3 Å². The first kappa shape index (κ1) is 24.0. The second-order valence-corrected chi connectivity index (χ2v) is 9.18. The summed E-state index contributed by atoms with van der Waals surface area (Å²) in [5, 5.41) is 3.27. The summed E-state index contributed by atoms with van der Waals surface area (Å²) in [6.45, 7) is 1.01. The summed E-state index contributed by atoms with van der Waals surface area (Å²) < 4.78 is 11.5. The number of aromatic nitrogens is 1. The fourth-order valence-electron chi connectivity index (χ4n) is 4.76. The molecule has 0 aliphatic carbocycles. The monoisotopic (exact) mass is 508 g/mol. The fourth-order valence-corrected chi connectivity index (χ4v) is 4.98. The van der Waals surface area contributed by atoms with Crippen molar-refractivity contribution in [3.63, 3.8) is 0 Å². The average Bonchev–Trinajstić information content (AvgIpc) is 3.57. The van der Waals surface area contributed by atoms with Crippen LogP contribution in [-0.4, -0.2) is 64.0 Å². The molecular weight excluding hydrogens is 484 g/mol. The summed E-state index contributed by atoms with van der Waals surface area (Å²) >= 11 is 6.22. The van der Waals surface area contributed by atoms with Crippen LogP contribution < -0.4 is 5.32 Å². The van der Waals surface area contributed by atoms with E-state index in [-0.39, 0.29) is 30.7 Å². The lowest BCUT2D eigenvalue weighted by Gasteiger charge is -2.44. The summed E-state index contributed by atoms with van der Waals surface area (Å²) in [5.74, 6) is -0.808. The second-order valence-electron chi connectivity index (χ2n) is 8.78. The highest BCUT2D eigenvalue weighted by atomic mass is 35.5. The number of pyridine rings is 1. The Morgan fingerprint density at radius 1 is 1.06 bits per heavy atom. The lowest BCUT2D eigenvalue weighted by atomic mass is 9.96.